The number of benzene rings is 1. The monoisotopic (exact) mass is 222 g/mol. The maximum atomic E-state index is 9.32. The molecular formula is C11H7ClO3. The Labute approximate surface area is 89.8 Å². The molecule has 76 valence electrons. The summed E-state index contributed by atoms with van der Waals surface area (Å²) in [5.74, 6) is 0. The van der Waals surface area contributed by atoms with Crippen molar-refractivity contribution >= 4 is 33.5 Å². The molecule has 0 saturated heterocycles. The van der Waals surface area contributed by atoms with Gasteiger partial charge in [0.25, 0.3) is 0 Å². The summed E-state index contributed by atoms with van der Waals surface area (Å²) < 4.78 is 10.6. The van der Waals surface area contributed by atoms with Crippen molar-refractivity contribution in [2.45, 2.75) is 6.61 Å². The lowest BCUT2D eigenvalue weighted by atomic mass is 10.1. The Morgan fingerprint density at radius 3 is 2.47 bits per heavy atom. The number of fused-ring (bicyclic) bond motifs is 2. The molecule has 3 nitrogen and oxygen atoms in total. The first kappa shape index (κ1) is 8.83. The van der Waals surface area contributed by atoms with Crippen LogP contribution in [-0.2, 0) is 6.61 Å². The molecule has 3 rings (SSSR count). The molecule has 1 N–H and O–H groups in total. The van der Waals surface area contributed by atoms with Crippen LogP contribution < -0.4 is 0 Å². The first-order valence-corrected chi connectivity index (χ1v) is 4.86. The van der Waals surface area contributed by atoms with Crippen LogP contribution in [-0.4, -0.2) is 5.11 Å². The maximum Gasteiger partial charge on any atom is 0.153 e. The highest BCUT2D eigenvalue weighted by Crippen LogP contribution is 2.37. The molecule has 0 saturated carbocycles. The molecule has 0 radical (unpaired) electrons. The summed E-state index contributed by atoms with van der Waals surface area (Å²) in [5.41, 5.74) is 1.93. The number of hydrogen-bond acceptors (Lipinski definition) is 3. The summed E-state index contributed by atoms with van der Waals surface area (Å²) in [6.07, 6.45) is 3.10. The van der Waals surface area contributed by atoms with Crippen LogP contribution in [0.4, 0.5) is 0 Å². The van der Waals surface area contributed by atoms with Crippen molar-refractivity contribution in [3.63, 3.8) is 0 Å². The minimum absolute atomic E-state index is 0.1000. The minimum Gasteiger partial charge on any atom is -0.464 e. The SMILES string of the molecule is OCc1c2ccoc2c(Cl)c2ccoc12. The van der Waals surface area contributed by atoms with Crippen LogP contribution in [0, 0.1) is 0 Å². The number of furan rings is 2. The van der Waals surface area contributed by atoms with Gasteiger partial charge >= 0.3 is 0 Å². The van der Waals surface area contributed by atoms with Crippen molar-refractivity contribution in [1.82, 2.24) is 0 Å². The zero-order chi connectivity index (χ0) is 10.4. The molecule has 0 fully saturated rings. The third-order valence-corrected chi connectivity index (χ3v) is 2.90. The van der Waals surface area contributed by atoms with Crippen LogP contribution in [0.25, 0.3) is 21.9 Å². The Morgan fingerprint density at radius 2 is 1.73 bits per heavy atom. The number of aliphatic hydroxyl groups excluding tert-OH is 1. The standard InChI is InChI=1S/C11H7ClO3/c12-9-7-2-4-14-10(7)8(5-13)6-1-3-15-11(6)9/h1-4,13H,5H2. The molecule has 4 heteroatoms. The molecule has 0 amide bonds. The van der Waals surface area contributed by atoms with Crippen LogP contribution in [0.2, 0.25) is 5.02 Å². The van der Waals surface area contributed by atoms with E-state index in [1.807, 2.05) is 0 Å². The van der Waals surface area contributed by atoms with E-state index in [1.165, 1.54) is 0 Å². The number of hydrogen-bond donors (Lipinski definition) is 1. The summed E-state index contributed by atoms with van der Waals surface area (Å²) in [7, 11) is 0. The van der Waals surface area contributed by atoms with Crippen LogP contribution in [0.15, 0.2) is 33.5 Å². The molecule has 0 unspecified atom stereocenters. The van der Waals surface area contributed by atoms with E-state index in [0.29, 0.717) is 21.8 Å². The predicted octanol–water partition coefficient (Wildman–Crippen LogP) is 3.32. The quantitative estimate of drug-likeness (QED) is 0.687. The van der Waals surface area contributed by atoms with Crippen molar-refractivity contribution in [1.29, 1.82) is 0 Å². The van der Waals surface area contributed by atoms with Crippen molar-refractivity contribution in [3.8, 4) is 0 Å². The van der Waals surface area contributed by atoms with Gasteiger partial charge in [0.2, 0.25) is 0 Å². The third kappa shape index (κ3) is 1.05. The molecule has 15 heavy (non-hydrogen) atoms. The lowest BCUT2D eigenvalue weighted by Gasteiger charge is -2.02. The first-order valence-electron chi connectivity index (χ1n) is 4.48. The number of aliphatic hydroxyl groups is 1. The van der Waals surface area contributed by atoms with Gasteiger partial charge in [-0.2, -0.15) is 0 Å². The van der Waals surface area contributed by atoms with Crippen LogP contribution in [0.3, 0.4) is 0 Å². The van der Waals surface area contributed by atoms with E-state index in [9.17, 15) is 5.11 Å². The second-order valence-corrected chi connectivity index (χ2v) is 3.66. The van der Waals surface area contributed by atoms with E-state index in [1.54, 1.807) is 24.7 Å². The van der Waals surface area contributed by atoms with Crippen molar-refractivity contribution < 1.29 is 13.9 Å². The van der Waals surface area contributed by atoms with Crippen molar-refractivity contribution in [2.75, 3.05) is 0 Å². The summed E-state index contributed by atoms with van der Waals surface area (Å²) in [5, 5.41) is 11.4. The molecule has 0 aliphatic rings. The molecule has 0 aliphatic heterocycles. The van der Waals surface area contributed by atoms with Crippen LogP contribution in [0.1, 0.15) is 5.56 Å². The fourth-order valence-electron chi connectivity index (χ4n) is 1.83. The van der Waals surface area contributed by atoms with E-state index in [-0.39, 0.29) is 6.61 Å². The van der Waals surface area contributed by atoms with Gasteiger partial charge in [-0.25, -0.2) is 0 Å². The van der Waals surface area contributed by atoms with Gasteiger partial charge in [-0.3, -0.25) is 0 Å². The van der Waals surface area contributed by atoms with Gasteiger partial charge in [0, 0.05) is 16.3 Å². The largest absolute Gasteiger partial charge is 0.464 e. The summed E-state index contributed by atoms with van der Waals surface area (Å²) in [6, 6.07) is 3.54. The van der Waals surface area contributed by atoms with Crippen molar-refractivity contribution in [2.24, 2.45) is 0 Å². The molecule has 0 bridgehead atoms. The van der Waals surface area contributed by atoms with Crippen LogP contribution >= 0.6 is 11.6 Å². The second-order valence-electron chi connectivity index (χ2n) is 3.28. The summed E-state index contributed by atoms with van der Waals surface area (Å²) in [4.78, 5) is 0. The third-order valence-electron chi connectivity index (χ3n) is 2.52. The molecule has 2 aromatic heterocycles. The normalized spacial score (nSPS) is 11.6. The van der Waals surface area contributed by atoms with Gasteiger partial charge in [-0.1, -0.05) is 11.6 Å². The van der Waals surface area contributed by atoms with Gasteiger partial charge in [-0.15, -0.1) is 0 Å². The molecule has 0 aliphatic carbocycles. The fourth-order valence-corrected chi connectivity index (χ4v) is 2.13. The summed E-state index contributed by atoms with van der Waals surface area (Å²) >= 11 is 6.15. The van der Waals surface area contributed by atoms with E-state index >= 15 is 0 Å². The first-order chi connectivity index (χ1) is 7.33. The average molecular weight is 223 g/mol. The topological polar surface area (TPSA) is 46.5 Å². The Kier molecular flexibility index (Phi) is 1.78. The minimum atomic E-state index is -0.1000. The summed E-state index contributed by atoms with van der Waals surface area (Å²) in [6.45, 7) is -0.1000. The average Bonchev–Trinajstić information content (AvgIpc) is 2.85. The fraction of sp³-hybridized carbons (Fsp3) is 0.0909. The van der Waals surface area contributed by atoms with Gasteiger partial charge in [0.15, 0.2) is 5.58 Å². The Hall–Kier alpha value is -1.45. The van der Waals surface area contributed by atoms with E-state index in [4.69, 9.17) is 20.4 Å². The highest BCUT2D eigenvalue weighted by atomic mass is 35.5. The lowest BCUT2D eigenvalue weighted by molar-refractivity contribution is 0.283. The molecule has 1 aromatic carbocycles. The smallest absolute Gasteiger partial charge is 0.153 e. The Bertz CT molecular complexity index is 584. The number of halogens is 1. The zero-order valence-corrected chi connectivity index (χ0v) is 8.41. The van der Waals surface area contributed by atoms with Gasteiger partial charge in [0.1, 0.15) is 5.58 Å². The van der Waals surface area contributed by atoms with Gasteiger partial charge < -0.3 is 13.9 Å². The molecule has 0 atom stereocenters. The van der Waals surface area contributed by atoms with E-state index in [2.05, 4.69) is 0 Å². The molecular weight excluding hydrogens is 216 g/mol. The molecule has 3 aromatic rings. The van der Waals surface area contributed by atoms with Crippen LogP contribution in [0.5, 0.6) is 0 Å². The highest BCUT2D eigenvalue weighted by molar-refractivity contribution is 6.40. The zero-order valence-electron chi connectivity index (χ0n) is 7.66. The Morgan fingerprint density at radius 1 is 1.07 bits per heavy atom. The van der Waals surface area contributed by atoms with Gasteiger partial charge in [0.05, 0.1) is 24.2 Å². The maximum absolute atomic E-state index is 9.32. The van der Waals surface area contributed by atoms with Crippen molar-refractivity contribution in [3.05, 3.63) is 35.2 Å². The molecule has 0 spiro atoms. The van der Waals surface area contributed by atoms with E-state index in [0.717, 1.165) is 10.8 Å². The second kappa shape index (κ2) is 3.02. The van der Waals surface area contributed by atoms with Gasteiger partial charge in [-0.05, 0) is 12.1 Å². The highest BCUT2D eigenvalue weighted by Gasteiger charge is 2.16. The lowest BCUT2D eigenvalue weighted by Crippen LogP contribution is -1.85. The Balaban J connectivity index is 2.64. The van der Waals surface area contributed by atoms with E-state index < -0.39 is 0 Å². The number of rotatable bonds is 1. The predicted molar refractivity (Wildman–Crippen MR) is 56.9 cm³/mol. The molecule has 2 heterocycles.